The Morgan fingerprint density at radius 1 is 1.05 bits per heavy atom. The lowest BCUT2D eigenvalue weighted by Crippen LogP contribution is -2.26. The van der Waals surface area contributed by atoms with Crippen LogP contribution in [-0.2, 0) is 17.8 Å². The van der Waals surface area contributed by atoms with E-state index in [1.807, 2.05) is 68.6 Å². The molecule has 2 aromatic rings. The summed E-state index contributed by atoms with van der Waals surface area (Å²) in [5.41, 5.74) is 2.24. The lowest BCUT2D eigenvalue weighted by molar-refractivity contribution is -0.130. The zero-order valence-electron chi connectivity index (χ0n) is 13.3. The summed E-state index contributed by atoms with van der Waals surface area (Å²) in [4.78, 5) is 14.1. The number of carbonyl (C=O) groups is 1. The fourth-order valence-corrected chi connectivity index (χ4v) is 2.38. The van der Waals surface area contributed by atoms with E-state index in [0.29, 0.717) is 26.0 Å². The van der Waals surface area contributed by atoms with Crippen molar-refractivity contribution in [1.29, 1.82) is 0 Å². The van der Waals surface area contributed by atoms with Crippen molar-refractivity contribution < 1.29 is 9.53 Å². The fourth-order valence-electron chi connectivity index (χ4n) is 2.38. The molecular formula is C19H23NO2. The summed E-state index contributed by atoms with van der Waals surface area (Å²) in [5.74, 6) is 1.03. The molecule has 0 bridgehead atoms. The number of hydrogen-bond donors (Lipinski definition) is 0. The van der Waals surface area contributed by atoms with E-state index in [1.54, 1.807) is 4.90 Å². The number of amides is 1. The second kappa shape index (κ2) is 8.23. The molecule has 0 spiro atoms. The lowest BCUT2D eigenvalue weighted by atomic mass is 10.1. The first-order valence-electron chi connectivity index (χ1n) is 7.69. The van der Waals surface area contributed by atoms with E-state index in [2.05, 4.69) is 0 Å². The number of nitrogens with zero attached hydrogens (tertiary/aromatic N) is 1. The van der Waals surface area contributed by atoms with Gasteiger partial charge in [-0.3, -0.25) is 4.79 Å². The highest BCUT2D eigenvalue weighted by Crippen LogP contribution is 2.20. The van der Waals surface area contributed by atoms with Gasteiger partial charge in [-0.1, -0.05) is 48.5 Å². The Bertz CT molecular complexity index is 595. The SMILES string of the molecule is CCOc1ccccc1CCC(=O)N(C)Cc1ccccc1. The first kappa shape index (κ1) is 16.1. The number of carbonyl (C=O) groups excluding carboxylic acids is 1. The molecule has 0 aromatic heterocycles. The van der Waals surface area contributed by atoms with Gasteiger partial charge in [-0.15, -0.1) is 0 Å². The van der Waals surface area contributed by atoms with Gasteiger partial charge < -0.3 is 9.64 Å². The zero-order chi connectivity index (χ0) is 15.8. The fraction of sp³-hybridized carbons (Fsp3) is 0.316. The smallest absolute Gasteiger partial charge is 0.222 e. The van der Waals surface area contributed by atoms with Crippen LogP contribution in [0.2, 0.25) is 0 Å². The van der Waals surface area contributed by atoms with Crippen molar-refractivity contribution in [2.45, 2.75) is 26.3 Å². The van der Waals surface area contributed by atoms with E-state index in [-0.39, 0.29) is 5.91 Å². The number of rotatable bonds is 7. The minimum atomic E-state index is 0.148. The van der Waals surface area contributed by atoms with Crippen molar-refractivity contribution in [1.82, 2.24) is 4.90 Å². The number of ether oxygens (including phenoxy) is 1. The van der Waals surface area contributed by atoms with E-state index in [0.717, 1.165) is 16.9 Å². The average Bonchev–Trinajstić information content (AvgIpc) is 2.55. The molecule has 3 heteroatoms. The Morgan fingerprint density at radius 3 is 2.45 bits per heavy atom. The number of aryl methyl sites for hydroxylation is 1. The predicted octanol–water partition coefficient (Wildman–Crippen LogP) is 3.68. The molecule has 2 aromatic carbocycles. The quantitative estimate of drug-likeness (QED) is 0.780. The van der Waals surface area contributed by atoms with Crippen LogP contribution in [0.3, 0.4) is 0 Å². The van der Waals surface area contributed by atoms with Gasteiger partial charge in [-0.25, -0.2) is 0 Å². The van der Waals surface area contributed by atoms with Crippen LogP contribution in [0.1, 0.15) is 24.5 Å². The molecule has 0 saturated carbocycles. The third-order valence-corrected chi connectivity index (χ3v) is 3.57. The summed E-state index contributed by atoms with van der Waals surface area (Å²) in [6.45, 7) is 3.25. The van der Waals surface area contributed by atoms with Gasteiger partial charge in [0.1, 0.15) is 5.75 Å². The van der Waals surface area contributed by atoms with E-state index < -0.39 is 0 Å². The summed E-state index contributed by atoms with van der Waals surface area (Å²) >= 11 is 0. The molecule has 0 unspecified atom stereocenters. The number of hydrogen-bond acceptors (Lipinski definition) is 2. The summed E-state index contributed by atoms with van der Waals surface area (Å²) in [7, 11) is 1.85. The highest BCUT2D eigenvalue weighted by atomic mass is 16.5. The minimum Gasteiger partial charge on any atom is -0.494 e. The highest BCUT2D eigenvalue weighted by Gasteiger charge is 2.11. The topological polar surface area (TPSA) is 29.5 Å². The Morgan fingerprint density at radius 2 is 1.73 bits per heavy atom. The molecule has 116 valence electrons. The zero-order valence-corrected chi connectivity index (χ0v) is 13.3. The second-order valence-corrected chi connectivity index (χ2v) is 5.28. The third-order valence-electron chi connectivity index (χ3n) is 3.57. The molecule has 0 aliphatic rings. The van der Waals surface area contributed by atoms with Gasteiger partial charge in [0, 0.05) is 20.0 Å². The van der Waals surface area contributed by atoms with Gasteiger partial charge in [0.25, 0.3) is 0 Å². The summed E-state index contributed by atoms with van der Waals surface area (Å²) in [6, 6.07) is 18.0. The molecule has 0 saturated heterocycles. The minimum absolute atomic E-state index is 0.148. The largest absolute Gasteiger partial charge is 0.494 e. The van der Waals surface area contributed by atoms with E-state index in [4.69, 9.17) is 4.74 Å². The molecule has 0 radical (unpaired) electrons. The number of benzene rings is 2. The first-order chi connectivity index (χ1) is 10.7. The monoisotopic (exact) mass is 297 g/mol. The summed E-state index contributed by atoms with van der Waals surface area (Å²) in [5, 5.41) is 0. The third kappa shape index (κ3) is 4.62. The average molecular weight is 297 g/mol. The van der Waals surface area contributed by atoms with Crippen molar-refractivity contribution >= 4 is 5.91 Å². The first-order valence-corrected chi connectivity index (χ1v) is 7.69. The van der Waals surface area contributed by atoms with Gasteiger partial charge in [-0.2, -0.15) is 0 Å². The van der Waals surface area contributed by atoms with Gasteiger partial charge in [0.05, 0.1) is 6.61 Å². The van der Waals surface area contributed by atoms with Crippen LogP contribution in [0.25, 0.3) is 0 Å². The van der Waals surface area contributed by atoms with Gasteiger partial charge >= 0.3 is 0 Å². The van der Waals surface area contributed by atoms with Crippen LogP contribution in [0.15, 0.2) is 54.6 Å². The van der Waals surface area contributed by atoms with E-state index in [9.17, 15) is 4.79 Å². The van der Waals surface area contributed by atoms with Gasteiger partial charge in [-0.05, 0) is 30.5 Å². The highest BCUT2D eigenvalue weighted by molar-refractivity contribution is 5.76. The Labute approximate surface area is 132 Å². The van der Waals surface area contributed by atoms with Gasteiger partial charge in [0.15, 0.2) is 0 Å². The van der Waals surface area contributed by atoms with Crippen molar-refractivity contribution in [2.75, 3.05) is 13.7 Å². The maximum atomic E-state index is 12.3. The van der Waals surface area contributed by atoms with Crippen LogP contribution in [0.5, 0.6) is 5.75 Å². The summed E-state index contributed by atoms with van der Waals surface area (Å²) in [6.07, 6.45) is 1.20. The normalized spacial score (nSPS) is 10.3. The van der Waals surface area contributed by atoms with Crippen LogP contribution in [0.4, 0.5) is 0 Å². The van der Waals surface area contributed by atoms with Crippen molar-refractivity contribution in [3.05, 3.63) is 65.7 Å². The molecule has 2 rings (SSSR count). The molecule has 0 heterocycles. The van der Waals surface area contributed by atoms with Crippen LogP contribution < -0.4 is 4.74 Å². The van der Waals surface area contributed by atoms with Crippen molar-refractivity contribution in [3.8, 4) is 5.75 Å². The van der Waals surface area contributed by atoms with Crippen LogP contribution >= 0.6 is 0 Å². The molecule has 0 aliphatic heterocycles. The molecule has 0 atom stereocenters. The van der Waals surface area contributed by atoms with Crippen molar-refractivity contribution in [3.63, 3.8) is 0 Å². The Balaban J connectivity index is 1.89. The molecule has 0 N–H and O–H groups in total. The van der Waals surface area contributed by atoms with Crippen LogP contribution in [0, 0.1) is 0 Å². The maximum Gasteiger partial charge on any atom is 0.222 e. The number of para-hydroxylation sites is 1. The molecule has 3 nitrogen and oxygen atoms in total. The lowest BCUT2D eigenvalue weighted by Gasteiger charge is -2.18. The Kier molecular flexibility index (Phi) is 6.01. The molecule has 0 fully saturated rings. The Hall–Kier alpha value is -2.29. The molecule has 0 aliphatic carbocycles. The molecular weight excluding hydrogens is 274 g/mol. The van der Waals surface area contributed by atoms with E-state index in [1.165, 1.54) is 0 Å². The molecule has 1 amide bonds. The molecule has 22 heavy (non-hydrogen) atoms. The standard InChI is InChI=1S/C19H23NO2/c1-3-22-18-12-8-7-11-17(18)13-14-19(21)20(2)15-16-9-5-4-6-10-16/h4-12H,3,13-15H2,1-2H3. The van der Waals surface area contributed by atoms with E-state index >= 15 is 0 Å². The predicted molar refractivity (Wildman–Crippen MR) is 88.8 cm³/mol. The summed E-state index contributed by atoms with van der Waals surface area (Å²) < 4.78 is 5.60. The maximum absolute atomic E-state index is 12.3. The van der Waals surface area contributed by atoms with Crippen LogP contribution in [-0.4, -0.2) is 24.5 Å². The second-order valence-electron chi connectivity index (χ2n) is 5.28. The van der Waals surface area contributed by atoms with Crippen molar-refractivity contribution in [2.24, 2.45) is 0 Å². The van der Waals surface area contributed by atoms with Gasteiger partial charge in [0.2, 0.25) is 5.91 Å².